The monoisotopic (exact) mass is 247 g/mol. The Morgan fingerprint density at radius 3 is 2.53 bits per heavy atom. The summed E-state index contributed by atoms with van der Waals surface area (Å²) in [5.74, 6) is 0.207. The molecule has 1 aromatic rings. The van der Waals surface area contributed by atoms with Gasteiger partial charge < -0.3 is 5.32 Å². The molecule has 1 heterocycles. The first kappa shape index (κ1) is 12.7. The number of hydrogen-bond acceptors (Lipinski definition) is 4. The predicted molar refractivity (Wildman–Crippen MR) is 65.1 cm³/mol. The van der Waals surface area contributed by atoms with E-state index >= 15 is 0 Å². The summed E-state index contributed by atoms with van der Waals surface area (Å²) in [4.78, 5) is 2.63. The standard InChI is InChI=1S/C10H17NO2S2/c1-3-9-4-5-10(14-9)8-11-6-7-15(2,12)13/h4-5,11H,3,6-8H2,1-2H3. The van der Waals surface area contributed by atoms with Crippen LogP contribution in [0.25, 0.3) is 0 Å². The molecule has 0 saturated heterocycles. The third-order valence-corrected chi connectivity index (χ3v) is 4.19. The molecule has 0 aliphatic carbocycles. The lowest BCUT2D eigenvalue weighted by atomic mass is 10.3. The highest BCUT2D eigenvalue weighted by Gasteiger charge is 2.02. The van der Waals surface area contributed by atoms with E-state index in [1.54, 1.807) is 11.3 Å². The molecule has 0 unspecified atom stereocenters. The molecule has 0 radical (unpaired) electrons. The van der Waals surface area contributed by atoms with Crippen LogP contribution >= 0.6 is 11.3 Å². The Kier molecular flexibility index (Phi) is 4.76. The quantitative estimate of drug-likeness (QED) is 0.774. The van der Waals surface area contributed by atoms with E-state index in [1.165, 1.54) is 16.0 Å². The second-order valence-corrected chi connectivity index (χ2v) is 7.04. The Hall–Kier alpha value is -0.390. The van der Waals surface area contributed by atoms with E-state index in [-0.39, 0.29) is 5.75 Å². The Labute approximate surface area is 95.4 Å². The van der Waals surface area contributed by atoms with Crippen LogP contribution in [0.4, 0.5) is 0 Å². The molecule has 3 nitrogen and oxygen atoms in total. The fraction of sp³-hybridized carbons (Fsp3) is 0.600. The van der Waals surface area contributed by atoms with Gasteiger partial charge in [0.2, 0.25) is 0 Å². The lowest BCUT2D eigenvalue weighted by Gasteiger charge is -2.01. The van der Waals surface area contributed by atoms with Gasteiger partial charge in [-0.1, -0.05) is 6.92 Å². The number of nitrogens with one attached hydrogen (secondary N) is 1. The van der Waals surface area contributed by atoms with Crippen LogP contribution in [0, 0.1) is 0 Å². The summed E-state index contributed by atoms with van der Waals surface area (Å²) in [6.45, 7) is 3.42. The Morgan fingerprint density at radius 2 is 2.00 bits per heavy atom. The van der Waals surface area contributed by atoms with Crippen LogP contribution in [0.2, 0.25) is 0 Å². The summed E-state index contributed by atoms with van der Waals surface area (Å²) in [6.07, 6.45) is 2.32. The van der Waals surface area contributed by atoms with Gasteiger partial charge >= 0.3 is 0 Å². The lowest BCUT2D eigenvalue weighted by molar-refractivity contribution is 0.596. The van der Waals surface area contributed by atoms with E-state index in [2.05, 4.69) is 24.4 Å². The van der Waals surface area contributed by atoms with Crippen LogP contribution in [-0.2, 0) is 22.8 Å². The maximum Gasteiger partial charge on any atom is 0.148 e. The summed E-state index contributed by atoms with van der Waals surface area (Å²) in [5, 5.41) is 3.13. The van der Waals surface area contributed by atoms with Gasteiger partial charge in [-0.25, -0.2) is 8.42 Å². The average Bonchev–Trinajstić information content (AvgIpc) is 2.59. The fourth-order valence-corrected chi connectivity index (χ4v) is 2.62. The molecule has 0 aliphatic heterocycles. The largest absolute Gasteiger partial charge is 0.311 e. The average molecular weight is 247 g/mol. The molecule has 0 bridgehead atoms. The second-order valence-electron chi connectivity index (χ2n) is 3.53. The zero-order valence-corrected chi connectivity index (χ0v) is 10.7. The van der Waals surface area contributed by atoms with Crippen molar-refractivity contribution in [2.75, 3.05) is 18.6 Å². The van der Waals surface area contributed by atoms with E-state index in [1.807, 2.05) is 0 Å². The van der Waals surface area contributed by atoms with Gasteiger partial charge in [0, 0.05) is 29.1 Å². The minimum Gasteiger partial charge on any atom is -0.311 e. The van der Waals surface area contributed by atoms with Crippen LogP contribution in [0.3, 0.4) is 0 Å². The van der Waals surface area contributed by atoms with Crippen LogP contribution < -0.4 is 5.32 Å². The summed E-state index contributed by atoms with van der Waals surface area (Å²) in [6, 6.07) is 4.22. The fourth-order valence-electron chi connectivity index (χ4n) is 1.18. The highest BCUT2D eigenvalue weighted by molar-refractivity contribution is 7.90. The van der Waals surface area contributed by atoms with Gasteiger partial charge in [-0.2, -0.15) is 0 Å². The third-order valence-electron chi connectivity index (χ3n) is 2.01. The maximum absolute atomic E-state index is 10.9. The van der Waals surface area contributed by atoms with Crippen LogP contribution in [0.1, 0.15) is 16.7 Å². The van der Waals surface area contributed by atoms with Crippen molar-refractivity contribution in [3.05, 3.63) is 21.9 Å². The summed E-state index contributed by atoms with van der Waals surface area (Å²) in [5.41, 5.74) is 0. The normalized spacial score (nSPS) is 11.9. The smallest absolute Gasteiger partial charge is 0.148 e. The van der Waals surface area contributed by atoms with Crippen molar-refractivity contribution in [2.24, 2.45) is 0 Å². The highest BCUT2D eigenvalue weighted by atomic mass is 32.2. The molecule has 0 aliphatic rings. The first-order valence-electron chi connectivity index (χ1n) is 4.97. The molecule has 0 spiro atoms. The van der Waals surface area contributed by atoms with Crippen molar-refractivity contribution in [1.29, 1.82) is 0 Å². The van der Waals surface area contributed by atoms with Crippen LogP contribution in [0.15, 0.2) is 12.1 Å². The molecule has 1 N–H and O–H groups in total. The topological polar surface area (TPSA) is 46.2 Å². The van der Waals surface area contributed by atoms with Gasteiger partial charge in [0.05, 0.1) is 5.75 Å². The van der Waals surface area contributed by atoms with E-state index in [9.17, 15) is 8.42 Å². The van der Waals surface area contributed by atoms with Crippen molar-refractivity contribution in [3.8, 4) is 0 Å². The Morgan fingerprint density at radius 1 is 1.33 bits per heavy atom. The molecule has 1 aromatic heterocycles. The van der Waals surface area contributed by atoms with Crippen molar-refractivity contribution < 1.29 is 8.42 Å². The molecule has 0 saturated carbocycles. The van der Waals surface area contributed by atoms with Crippen LogP contribution in [0.5, 0.6) is 0 Å². The first-order valence-corrected chi connectivity index (χ1v) is 7.85. The van der Waals surface area contributed by atoms with Gasteiger partial charge in [-0.3, -0.25) is 0 Å². The van der Waals surface area contributed by atoms with Crippen molar-refractivity contribution >= 4 is 21.2 Å². The summed E-state index contributed by atoms with van der Waals surface area (Å²) >= 11 is 1.78. The van der Waals surface area contributed by atoms with Gasteiger partial charge in [0.15, 0.2) is 0 Å². The van der Waals surface area contributed by atoms with Gasteiger partial charge in [0.1, 0.15) is 9.84 Å². The number of aryl methyl sites for hydroxylation is 1. The zero-order chi connectivity index (χ0) is 11.3. The predicted octanol–water partition coefficient (Wildman–Crippen LogP) is 1.44. The van der Waals surface area contributed by atoms with E-state index in [0.717, 1.165) is 13.0 Å². The van der Waals surface area contributed by atoms with Gasteiger partial charge in [-0.05, 0) is 18.6 Å². The molecule has 5 heteroatoms. The zero-order valence-electron chi connectivity index (χ0n) is 9.12. The van der Waals surface area contributed by atoms with E-state index in [4.69, 9.17) is 0 Å². The van der Waals surface area contributed by atoms with E-state index in [0.29, 0.717) is 6.54 Å². The molecular weight excluding hydrogens is 230 g/mol. The number of rotatable bonds is 6. The number of hydrogen-bond donors (Lipinski definition) is 1. The van der Waals surface area contributed by atoms with E-state index < -0.39 is 9.84 Å². The number of thiophene rings is 1. The van der Waals surface area contributed by atoms with Crippen molar-refractivity contribution in [3.63, 3.8) is 0 Å². The molecule has 15 heavy (non-hydrogen) atoms. The lowest BCUT2D eigenvalue weighted by Crippen LogP contribution is -2.21. The minimum atomic E-state index is -2.84. The SMILES string of the molecule is CCc1ccc(CNCCS(C)(=O)=O)s1. The molecule has 1 rings (SSSR count). The Bertz CT molecular complexity index is 395. The molecular formula is C10H17NO2S2. The third kappa shape index (κ3) is 5.30. The highest BCUT2D eigenvalue weighted by Crippen LogP contribution is 2.16. The second kappa shape index (κ2) is 5.63. The maximum atomic E-state index is 10.9. The van der Waals surface area contributed by atoms with Gasteiger partial charge in [-0.15, -0.1) is 11.3 Å². The van der Waals surface area contributed by atoms with Gasteiger partial charge in [0.25, 0.3) is 0 Å². The molecule has 86 valence electrons. The summed E-state index contributed by atoms with van der Waals surface area (Å²) < 4.78 is 21.7. The number of sulfone groups is 1. The first-order chi connectivity index (χ1) is 7.01. The molecule has 0 atom stereocenters. The molecule has 0 aromatic carbocycles. The molecule has 0 fully saturated rings. The summed E-state index contributed by atoms with van der Waals surface area (Å²) in [7, 11) is -2.84. The Balaban J connectivity index is 2.26. The minimum absolute atomic E-state index is 0.207. The van der Waals surface area contributed by atoms with Crippen molar-refractivity contribution in [2.45, 2.75) is 19.9 Å². The van der Waals surface area contributed by atoms with Crippen molar-refractivity contribution in [1.82, 2.24) is 5.32 Å². The molecule has 0 amide bonds. The van der Waals surface area contributed by atoms with Crippen LogP contribution in [-0.4, -0.2) is 27.0 Å².